The summed E-state index contributed by atoms with van der Waals surface area (Å²) in [5, 5.41) is 19.6. The number of benzene rings is 1. The van der Waals surface area contributed by atoms with E-state index >= 15 is 0 Å². The molecular formula is C16H13N4O2S-. The Labute approximate surface area is 137 Å². The van der Waals surface area contributed by atoms with Gasteiger partial charge in [-0.1, -0.05) is 42.1 Å². The zero-order chi connectivity index (χ0) is 16.1. The molecule has 0 bridgehead atoms. The second-order valence-corrected chi connectivity index (χ2v) is 5.72. The van der Waals surface area contributed by atoms with Crippen LogP contribution in [0.3, 0.4) is 0 Å². The molecule has 6 nitrogen and oxygen atoms in total. The molecule has 0 radical (unpaired) electrons. The maximum atomic E-state index is 10.7. The molecule has 0 fully saturated rings. The monoisotopic (exact) mass is 325 g/mol. The highest BCUT2D eigenvalue weighted by atomic mass is 32.2. The minimum atomic E-state index is -1.13. The summed E-state index contributed by atoms with van der Waals surface area (Å²) in [6.07, 6.45) is 3.37. The van der Waals surface area contributed by atoms with Crippen molar-refractivity contribution in [2.75, 3.05) is 5.75 Å². The van der Waals surface area contributed by atoms with Crippen LogP contribution in [-0.4, -0.2) is 31.5 Å². The van der Waals surface area contributed by atoms with Crippen LogP contribution in [0.2, 0.25) is 0 Å². The number of hydrogen-bond donors (Lipinski definition) is 0. The maximum absolute atomic E-state index is 10.7. The quantitative estimate of drug-likeness (QED) is 0.634. The van der Waals surface area contributed by atoms with Gasteiger partial charge in [-0.25, -0.2) is 0 Å². The Hall–Kier alpha value is -2.67. The van der Waals surface area contributed by atoms with E-state index in [1.165, 1.54) is 0 Å². The smallest absolute Gasteiger partial charge is 0.192 e. The lowest BCUT2D eigenvalue weighted by Crippen LogP contribution is -2.24. The lowest BCUT2D eigenvalue weighted by Gasteiger charge is -2.10. The normalized spacial score (nSPS) is 10.6. The summed E-state index contributed by atoms with van der Waals surface area (Å²) in [6.45, 7) is 0.556. The highest BCUT2D eigenvalue weighted by molar-refractivity contribution is 7.99. The highest BCUT2D eigenvalue weighted by Crippen LogP contribution is 2.24. The van der Waals surface area contributed by atoms with Gasteiger partial charge in [0.1, 0.15) is 0 Å². The summed E-state index contributed by atoms with van der Waals surface area (Å²) in [7, 11) is 0. The van der Waals surface area contributed by atoms with Gasteiger partial charge in [-0.3, -0.25) is 9.55 Å². The number of rotatable bonds is 6. The van der Waals surface area contributed by atoms with Gasteiger partial charge < -0.3 is 9.90 Å². The van der Waals surface area contributed by atoms with Gasteiger partial charge in [0, 0.05) is 23.7 Å². The first-order valence-electron chi connectivity index (χ1n) is 6.94. The first-order chi connectivity index (χ1) is 11.2. The van der Waals surface area contributed by atoms with E-state index in [4.69, 9.17) is 0 Å². The van der Waals surface area contributed by atoms with Crippen LogP contribution in [-0.2, 0) is 11.3 Å². The second-order valence-electron chi connectivity index (χ2n) is 4.77. The Bertz CT molecular complexity index is 790. The molecule has 0 atom stereocenters. The summed E-state index contributed by atoms with van der Waals surface area (Å²) in [5.74, 6) is -0.615. The van der Waals surface area contributed by atoms with Gasteiger partial charge in [-0.15, -0.1) is 10.2 Å². The number of thioether (sulfide) groups is 1. The SMILES string of the molecule is O=C([O-])CSc1nnc(-c2ccncc2)n1Cc1ccccc1. The van der Waals surface area contributed by atoms with Crippen LogP contribution < -0.4 is 5.11 Å². The number of carbonyl (C=O) groups excluding carboxylic acids is 1. The molecule has 0 saturated heterocycles. The molecule has 23 heavy (non-hydrogen) atoms. The minimum Gasteiger partial charge on any atom is -0.549 e. The molecule has 0 amide bonds. The summed E-state index contributed by atoms with van der Waals surface area (Å²) >= 11 is 1.10. The molecule has 0 N–H and O–H groups in total. The third-order valence-corrected chi connectivity index (χ3v) is 4.10. The minimum absolute atomic E-state index is 0.163. The van der Waals surface area contributed by atoms with Gasteiger partial charge in [0.15, 0.2) is 11.0 Å². The molecule has 116 valence electrons. The first kappa shape index (κ1) is 15.2. The third kappa shape index (κ3) is 3.75. The van der Waals surface area contributed by atoms with Crippen molar-refractivity contribution >= 4 is 17.7 Å². The molecule has 7 heteroatoms. The standard InChI is InChI=1S/C16H14N4O2S/c21-14(22)11-23-16-19-18-15(13-6-8-17-9-7-13)20(16)10-12-4-2-1-3-5-12/h1-9H,10-11H2,(H,21,22)/p-1. The fourth-order valence-electron chi connectivity index (χ4n) is 2.14. The number of aliphatic carboxylic acids is 1. The van der Waals surface area contributed by atoms with Gasteiger partial charge in [0.2, 0.25) is 0 Å². The molecule has 0 unspecified atom stereocenters. The average molecular weight is 325 g/mol. The van der Waals surface area contributed by atoms with E-state index < -0.39 is 5.97 Å². The molecule has 0 aliphatic rings. The topological polar surface area (TPSA) is 83.7 Å². The van der Waals surface area contributed by atoms with Gasteiger partial charge in [-0.05, 0) is 17.7 Å². The Balaban J connectivity index is 1.97. The zero-order valence-corrected chi connectivity index (χ0v) is 12.9. The van der Waals surface area contributed by atoms with Crippen molar-refractivity contribution in [1.29, 1.82) is 0 Å². The number of pyridine rings is 1. The van der Waals surface area contributed by atoms with Crippen LogP contribution in [0.4, 0.5) is 0 Å². The van der Waals surface area contributed by atoms with Gasteiger partial charge >= 0.3 is 0 Å². The van der Waals surface area contributed by atoms with Crippen LogP contribution in [0.1, 0.15) is 5.56 Å². The molecule has 2 heterocycles. The lowest BCUT2D eigenvalue weighted by atomic mass is 10.2. The molecule has 0 aliphatic heterocycles. The summed E-state index contributed by atoms with van der Waals surface area (Å²) < 4.78 is 1.90. The van der Waals surface area contributed by atoms with E-state index in [0.717, 1.165) is 22.9 Å². The Morgan fingerprint density at radius 1 is 1.09 bits per heavy atom. The number of carboxylic acids is 1. The molecule has 0 aliphatic carbocycles. The Morgan fingerprint density at radius 3 is 2.52 bits per heavy atom. The van der Waals surface area contributed by atoms with Crippen molar-refractivity contribution in [2.45, 2.75) is 11.7 Å². The molecule has 1 aromatic carbocycles. The fraction of sp³-hybridized carbons (Fsp3) is 0.125. The predicted octanol–water partition coefficient (Wildman–Crippen LogP) is 1.23. The zero-order valence-electron chi connectivity index (χ0n) is 12.1. The van der Waals surface area contributed by atoms with Crippen molar-refractivity contribution in [2.24, 2.45) is 0 Å². The highest BCUT2D eigenvalue weighted by Gasteiger charge is 2.14. The average Bonchev–Trinajstić information content (AvgIpc) is 2.97. The van der Waals surface area contributed by atoms with Crippen molar-refractivity contribution in [3.05, 3.63) is 60.4 Å². The molecule has 0 spiro atoms. The van der Waals surface area contributed by atoms with Crippen molar-refractivity contribution in [3.8, 4) is 11.4 Å². The second kappa shape index (κ2) is 7.06. The number of carboxylic acid groups (broad SMARTS) is 1. The van der Waals surface area contributed by atoms with Crippen LogP contribution in [0.25, 0.3) is 11.4 Å². The van der Waals surface area contributed by atoms with Crippen LogP contribution >= 0.6 is 11.8 Å². The van der Waals surface area contributed by atoms with Gasteiger partial charge in [0.05, 0.1) is 12.5 Å². The largest absolute Gasteiger partial charge is 0.549 e. The van der Waals surface area contributed by atoms with Gasteiger partial charge in [-0.2, -0.15) is 0 Å². The van der Waals surface area contributed by atoms with Crippen LogP contribution in [0.15, 0.2) is 60.0 Å². The number of aromatic nitrogens is 4. The predicted molar refractivity (Wildman–Crippen MR) is 84.5 cm³/mol. The van der Waals surface area contributed by atoms with Crippen molar-refractivity contribution in [3.63, 3.8) is 0 Å². The summed E-state index contributed by atoms with van der Waals surface area (Å²) in [6, 6.07) is 13.6. The van der Waals surface area contributed by atoms with E-state index in [1.807, 2.05) is 47.0 Å². The molecule has 2 aromatic heterocycles. The number of nitrogens with zero attached hydrogens (tertiary/aromatic N) is 4. The van der Waals surface area contributed by atoms with Crippen molar-refractivity contribution in [1.82, 2.24) is 19.7 Å². The van der Waals surface area contributed by atoms with E-state index in [0.29, 0.717) is 17.5 Å². The van der Waals surface area contributed by atoms with E-state index in [9.17, 15) is 9.90 Å². The van der Waals surface area contributed by atoms with E-state index in [-0.39, 0.29) is 5.75 Å². The lowest BCUT2D eigenvalue weighted by molar-refractivity contribution is -0.301. The van der Waals surface area contributed by atoms with Crippen LogP contribution in [0, 0.1) is 0 Å². The fourth-order valence-corrected chi connectivity index (χ4v) is 2.79. The number of hydrogen-bond acceptors (Lipinski definition) is 6. The molecule has 3 aromatic rings. The first-order valence-corrected chi connectivity index (χ1v) is 7.93. The Kier molecular flexibility index (Phi) is 4.68. The third-order valence-electron chi connectivity index (χ3n) is 3.16. The summed E-state index contributed by atoms with van der Waals surface area (Å²) in [5.41, 5.74) is 1.96. The van der Waals surface area contributed by atoms with E-state index in [2.05, 4.69) is 15.2 Å². The number of carbonyl (C=O) groups is 1. The Morgan fingerprint density at radius 2 is 1.83 bits per heavy atom. The van der Waals surface area contributed by atoms with Crippen molar-refractivity contribution < 1.29 is 9.90 Å². The summed E-state index contributed by atoms with van der Waals surface area (Å²) in [4.78, 5) is 14.7. The van der Waals surface area contributed by atoms with Crippen LogP contribution in [0.5, 0.6) is 0 Å². The van der Waals surface area contributed by atoms with E-state index in [1.54, 1.807) is 12.4 Å². The molecular weight excluding hydrogens is 312 g/mol. The molecule has 0 saturated carbocycles. The maximum Gasteiger partial charge on any atom is 0.192 e. The van der Waals surface area contributed by atoms with Gasteiger partial charge in [0.25, 0.3) is 0 Å². The molecule has 3 rings (SSSR count).